The summed E-state index contributed by atoms with van der Waals surface area (Å²) < 4.78 is 8.90. The Bertz CT molecular complexity index is 1260. The van der Waals surface area contributed by atoms with Crippen molar-refractivity contribution in [1.29, 1.82) is 0 Å². The number of hydrogen-bond acceptors (Lipinski definition) is 7. The maximum atomic E-state index is 11.1. The van der Waals surface area contributed by atoms with Crippen molar-refractivity contribution < 1.29 is 9.84 Å². The molecule has 0 amide bonds. The summed E-state index contributed by atoms with van der Waals surface area (Å²) in [5, 5.41) is 23.7. The van der Waals surface area contributed by atoms with Crippen LogP contribution in [0.2, 0.25) is 5.02 Å². The van der Waals surface area contributed by atoms with Crippen molar-refractivity contribution in [2.24, 2.45) is 5.41 Å². The average molecular weight is 456 g/mol. The van der Waals surface area contributed by atoms with E-state index in [-0.39, 0.29) is 11.2 Å². The fraction of sp³-hybridized carbons (Fsp3) is 0.318. The Morgan fingerprint density at radius 3 is 2.78 bits per heavy atom. The number of methoxy groups -OCH3 is 1. The third kappa shape index (κ3) is 4.35. The zero-order valence-electron chi connectivity index (χ0n) is 18.4. The van der Waals surface area contributed by atoms with Crippen LogP contribution in [0, 0.1) is 5.41 Å². The summed E-state index contributed by atoms with van der Waals surface area (Å²) >= 11 is 6.27. The Morgan fingerprint density at radius 2 is 2.06 bits per heavy atom. The first-order valence-electron chi connectivity index (χ1n) is 10.1. The second-order valence-electron chi connectivity index (χ2n) is 8.73. The molecule has 4 N–H and O–H groups in total. The maximum Gasteiger partial charge on any atom is 0.164 e. The van der Waals surface area contributed by atoms with Gasteiger partial charge in [-0.15, -0.1) is 5.10 Å². The molecule has 32 heavy (non-hydrogen) atoms. The predicted molar refractivity (Wildman–Crippen MR) is 125 cm³/mol. The minimum atomic E-state index is -1.17. The largest absolute Gasteiger partial charge is 0.496 e. The summed E-state index contributed by atoms with van der Waals surface area (Å²) in [6, 6.07) is 7.06. The molecule has 0 aliphatic rings. The quantitative estimate of drug-likeness (QED) is 0.376. The van der Waals surface area contributed by atoms with Crippen molar-refractivity contribution in [3.63, 3.8) is 0 Å². The fourth-order valence-corrected chi connectivity index (χ4v) is 3.73. The first-order valence-corrected chi connectivity index (χ1v) is 10.5. The molecule has 0 bridgehead atoms. The third-order valence-electron chi connectivity index (χ3n) is 4.84. The van der Waals surface area contributed by atoms with E-state index >= 15 is 0 Å². The Labute approximate surface area is 190 Å². The molecular formula is C22H26ClN7O2. The van der Waals surface area contributed by atoms with Gasteiger partial charge in [-0.25, -0.2) is 9.50 Å². The third-order valence-corrected chi connectivity index (χ3v) is 5.07. The van der Waals surface area contributed by atoms with Crippen LogP contribution in [-0.2, 0) is 6.54 Å². The van der Waals surface area contributed by atoms with Crippen LogP contribution in [0.25, 0.3) is 16.9 Å². The highest BCUT2D eigenvalue weighted by Gasteiger charge is 2.24. The number of nitrogens with one attached hydrogen (secondary N) is 1. The molecule has 0 fully saturated rings. The SMILES string of the molecule is COc1ccc(Cl)cc1-c1nn(CC(C)(C)C)cc1NC(O)c1c(N)nn2cccnc12. The highest BCUT2D eigenvalue weighted by atomic mass is 35.5. The minimum absolute atomic E-state index is 0.00557. The number of anilines is 2. The second kappa shape index (κ2) is 8.33. The summed E-state index contributed by atoms with van der Waals surface area (Å²) in [6.07, 6.45) is 4.02. The number of benzene rings is 1. The van der Waals surface area contributed by atoms with Gasteiger partial charge in [0.15, 0.2) is 17.7 Å². The monoisotopic (exact) mass is 455 g/mol. The van der Waals surface area contributed by atoms with E-state index in [1.54, 1.807) is 43.8 Å². The smallest absolute Gasteiger partial charge is 0.164 e. The number of nitrogens with zero attached hydrogens (tertiary/aromatic N) is 5. The van der Waals surface area contributed by atoms with Crippen LogP contribution in [0.15, 0.2) is 42.9 Å². The number of rotatable bonds is 6. The van der Waals surface area contributed by atoms with Crippen molar-refractivity contribution >= 4 is 28.8 Å². The molecule has 3 heterocycles. The average Bonchev–Trinajstić information content (AvgIpc) is 3.25. The Balaban J connectivity index is 1.79. The molecule has 4 aromatic rings. The van der Waals surface area contributed by atoms with Gasteiger partial charge < -0.3 is 20.9 Å². The lowest BCUT2D eigenvalue weighted by Crippen LogP contribution is -2.16. The molecule has 9 nitrogen and oxygen atoms in total. The van der Waals surface area contributed by atoms with Crippen molar-refractivity contribution in [2.75, 3.05) is 18.2 Å². The van der Waals surface area contributed by atoms with Crippen LogP contribution in [0.3, 0.4) is 0 Å². The molecule has 0 spiro atoms. The van der Waals surface area contributed by atoms with Gasteiger partial charge in [0.25, 0.3) is 0 Å². The predicted octanol–water partition coefficient (Wildman–Crippen LogP) is 3.99. The first kappa shape index (κ1) is 21.9. The van der Waals surface area contributed by atoms with Gasteiger partial charge in [-0.05, 0) is 29.7 Å². The highest BCUT2D eigenvalue weighted by molar-refractivity contribution is 6.31. The number of aromatic nitrogens is 5. The van der Waals surface area contributed by atoms with E-state index < -0.39 is 6.23 Å². The molecule has 0 aliphatic carbocycles. The molecule has 168 valence electrons. The lowest BCUT2D eigenvalue weighted by molar-refractivity contribution is 0.210. The van der Waals surface area contributed by atoms with Gasteiger partial charge in [0.05, 0.1) is 18.4 Å². The molecule has 0 aliphatic heterocycles. The van der Waals surface area contributed by atoms with Crippen molar-refractivity contribution in [2.45, 2.75) is 33.5 Å². The van der Waals surface area contributed by atoms with E-state index in [0.29, 0.717) is 45.5 Å². The normalized spacial score (nSPS) is 12.8. The summed E-state index contributed by atoms with van der Waals surface area (Å²) in [6.45, 7) is 7.05. The van der Waals surface area contributed by atoms with Crippen molar-refractivity contribution in [3.05, 3.63) is 53.4 Å². The summed E-state index contributed by atoms with van der Waals surface area (Å²) in [4.78, 5) is 4.30. The van der Waals surface area contributed by atoms with E-state index in [2.05, 4.69) is 36.2 Å². The van der Waals surface area contributed by atoms with E-state index in [4.69, 9.17) is 27.2 Å². The molecule has 1 aromatic carbocycles. The summed E-state index contributed by atoms with van der Waals surface area (Å²) in [5.41, 5.74) is 8.82. The standard InChI is InChI=1S/C22H26ClN7O2/c1-22(2,3)12-29-11-15(18(27-29)14-10-13(23)6-7-16(14)32-4)26-21(31)17-19(24)28-30-9-5-8-25-20(17)30/h5-11,21,26,31H,12H2,1-4H3,(H2,24,28). The molecule has 3 aromatic heterocycles. The number of aliphatic hydroxyl groups is 1. The maximum absolute atomic E-state index is 11.1. The lowest BCUT2D eigenvalue weighted by Gasteiger charge is -2.17. The molecular weight excluding hydrogens is 430 g/mol. The Kier molecular flexibility index (Phi) is 5.70. The molecule has 1 unspecified atom stereocenters. The van der Waals surface area contributed by atoms with Gasteiger partial charge in [-0.1, -0.05) is 32.4 Å². The first-order chi connectivity index (χ1) is 15.2. The molecule has 10 heteroatoms. The topological polar surface area (TPSA) is 116 Å². The number of fused-ring (bicyclic) bond motifs is 1. The van der Waals surface area contributed by atoms with Crippen LogP contribution in [0.1, 0.15) is 32.6 Å². The zero-order chi connectivity index (χ0) is 23.0. The fourth-order valence-electron chi connectivity index (χ4n) is 3.56. The zero-order valence-corrected chi connectivity index (χ0v) is 19.1. The number of halogens is 1. The number of ether oxygens (including phenoxy) is 1. The number of nitrogens with two attached hydrogens (primary N) is 1. The van der Waals surface area contributed by atoms with E-state index in [9.17, 15) is 5.11 Å². The van der Waals surface area contributed by atoms with Gasteiger partial charge in [-0.3, -0.25) is 4.68 Å². The molecule has 0 saturated carbocycles. The van der Waals surface area contributed by atoms with E-state index in [1.807, 2.05) is 10.9 Å². The molecule has 1 atom stereocenters. The van der Waals surface area contributed by atoms with Crippen LogP contribution in [-0.4, -0.2) is 36.6 Å². The van der Waals surface area contributed by atoms with Crippen LogP contribution >= 0.6 is 11.6 Å². The molecule has 0 radical (unpaired) electrons. The number of aliphatic hydroxyl groups excluding tert-OH is 1. The van der Waals surface area contributed by atoms with Crippen molar-refractivity contribution in [3.8, 4) is 17.0 Å². The lowest BCUT2D eigenvalue weighted by atomic mass is 9.97. The van der Waals surface area contributed by atoms with Gasteiger partial charge in [0, 0.05) is 35.7 Å². The van der Waals surface area contributed by atoms with Gasteiger partial charge in [0.1, 0.15) is 11.4 Å². The van der Waals surface area contributed by atoms with Crippen LogP contribution in [0.5, 0.6) is 5.75 Å². The highest BCUT2D eigenvalue weighted by Crippen LogP contribution is 2.38. The Hall–Kier alpha value is -3.30. The summed E-state index contributed by atoms with van der Waals surface area (Å²) in [7, 11) is 1.59. The van der Waals surface area contributed by atoms with Crippen molar-refractivity contribution in [1.82, 2.24) is 24.4 Å². The van der Waals surface area contributed by atoms with E-state index in [0.717, 1.165) is 0 Å². The molecule has 0 saturated heterocycles. The second-order valence-corrected chi connectivity index (χ2v) is 9.16. The summed E-state index contributed by atoms with van der Waals surface area (Å²) in [5.74, 6) is 0.804. The van der Waals surface area contributed by atoms with Gasteiger partial charge in [-0.2, -0.15) is 5.10 Å². The van der Waals surface area contributed by atoms with E-state index in [1.165, 1.54) is 4.52 Å². The van der Waals surface area contributed by atoms with Gasteiger partial charge >= 0.3 is 0 Å². The van der Waals surface area contributed by atoms with Crippen LogP contribution in [0.4, 0.5) is 11.5 Å². The minimum Gasteiger partial charge on any atom is -0.496 e. The van der Waals surface area contributed by atoms with Crippen LogP contribution < -0.4 is 15.8 Å². The van der Waals surface area contributed by atoms with Gasteiger partial charge in [0.2, 0.25) is 0 Å². The molecule has 4 rings (SSSR count). The Morgan fingerprint density at radius 1 is 1.28 bits per heavy atom. The number of nitrogen functional groups attached to an aromatic ring is 1. The number of hydrogen-bond donors (Lipinski definition) is 3.